The fraction of sp³-hybridized carbons (Fsp3) is 0.357. The number of benzene rings is 1. The van der Waals surface area contributed by atoms with Crippen molar-refractivity contribution in [1.82, 2.24) is 10.2 Å². The van der Waals surface area contributed by atoms with Crippen LogP contribution in [0.15, 0.2) is 24.3 Å². The van der Waals surface area contributed by atoms with Crippen molar-refractivity contribution in [2.24, 2.45) is 0 Å². The number of likely N-dealkylation sites (tertiary alicyclic amines) is 1. The molecule has 1 aromatic rings. The van der Waals surface area contributed by atoms with Crippen molar-refractivity contribution in [1.29, 1.82) is 0 Å². The summed E-state index contributed by atoms with van der Waals surface area (Å²) in [6, 6.07) is 5.52. The lowest BCUT2D eigenvalue weighted by molar-refractivity contribution is -0.141. The number of aliphatic carboxylic acids is 1. The Morgan fingerprint density at radius 3 is 2.65 bits per heavy atom. The van der Waals surface area contributed by atoms with Gasteiger partial charge in [0.15, 0.2) is 0 Å². The number of nitrogens with zero attached hydrogens (tertiary/aromatic N) is 1. The van der Waals surface area contributed by atoms with Crippen LogP contribution < -0.4 is 5.32 Å². The van der Waals surface area contributed by atoms with Crippen LogP contribution in [0.3, 0.4) is 0 Å². The van der Waals surface area contributed by atoms with Crippen LogP contribution in [0, 0.1) is 0 Å². The van der Waals surface area contributed by atoms with E-state index in [4.69, 9.17) is 5.11 Å². The van der Waals surface area contributed by atoms with Crippen LogP contribution in [0.2, 0.25) is 0 Å². The van der Waals surface area contributed by atoms with E-state index in [9.17, 15) is 14.4 Å². The number of amides is 2. The van der Waals surface area contributed by atoms with Crippen molar-refractivity contribution >= 4 is 17.8 Å². The Kier molecular flexibility index (Phi) is 4.02. The van der Waals surface area contributed by atoms with Crippen LogP contribution in [0.25, 0.3) is 0 Å². The molecule has 0 radical (unpaired) electrons. The fourth-order valence-corrected chi connectivity index (χ4v) is 2.37. The minimum Gasteiger partial charge on any atom is -0.480 e. The molecule has 1 aliphatic heterocycles. The van der Waals surface area contributed by atoms with E-state index in [1.54, 1.807) is 18.2 Å². The number of carbonyl (C=O) groups excluding carboxylic acids is 2. The van der Waals surface area contributed by atoms with E-state index >= 15 is 0 Å². The molecule has 0 aromatic heterocycles. The quantitative estimate of drug-likeness (QED) is 0.852. The van der Waals surface area contributed by atoms with Crippen molar-refractivity contribution in [3.05, 3.63) is 35.4 Å². The van der Waals surface area contributed by atoms with Gasteiger partial charge in [-0.3, -0.25) is 9.59 Å². The first-order chi connectivity index (χ1) is 9.54. The Hall–Kier alpha value is -2.37. The summed E-state index contributed by atoms with van der Waals surface area (Å²) in [6.45, 7) is 0.431. The van der Waals surface area contributed by atoms with Crippen molar-refractivity contribution in [2.75, 3.05) is 13.6 Å². The molecule has 2 amide bonds. The summed E-state index contributed by atoms with van der Waals surface area (Å²) in [6.07, 6.45) is 1.15. The molecule has 1 atom stereocenters. The largest absolute Gasteiger partial charge is 0.480 e. The maximum absolute atomic E-state index is 12.4. The Labute approximate surface area is 116 Å². The Morgan fingerprint density at radius 1 is 1.30 bits per heavy atom. The molecule has 106 valence electrons. The smallest absolute Gasteiger partial charge is 0.326 e. The van der Waals surface area contributed by atoms with Gasteiger partial charge >= 0.3 is 5.97 Å². The summed E-state index contributed by atoms with van der Waals surface area (Å²) in [5, 5.41) is 11.6. The number of carboxylic acids is 1. The highest BCUT2D eigenvalue weighted by molar-refractivity contribution is 6.00. The molecule has 0 unspecified atom stereocenters. The zero-order chi connectivity index (χ0) is 14.7. The molecule has 1 aliphatic rings. The van der Waals surface area contributed by atoms with Crippen molar-refractivity contribution in [3.8, 4) is 0 Å². The second-order valence-electron chi connectivity index (χ2n) is 4.65. The molecule has 6 heteroatoms. The zero-order valence-electron chi connectivity index (χ0n) is 11.1. The van der Waals surface area contributed by atoms with E-state index in [1.807, 2.05) is 0 Å². The average molecular weight is 276 g/mol. The number of carbonyl (C=O) groups is 3. The topological polar surface area (TPSA) is 86.7 Å². The number of carboxylic acid groups (broad SMARTS) is 1. The first-order valence-corrected chi connectivity index (χ1v) is 6.40. The second kappa shape index (κ2) is 5.73. The molecule has 0 saturated carbocycles. The second-order valence-corrected chi connectivity index (χ2v) is 4.65. The Morgan fingerprint density at radius 2 is 2.00 bits per heavy atom. The molecule has 2 rings (SSSR count). The lowest BCUT2D eigenvalue weighted by Gasteiger charge is -2.21. The van der Waals surface area contributed by atoms with Crippen molar-refractivity contribution in [3.63, 3.8) is 0 Å². The molecule has 0 aliphatic carbocycles. The summed E-state index contributed by atoms with van der Waals surface area (Å²) in [5.41, 5.74) is 0.712. The first-order valence-electron chi connectivity index (χ1n) is 6.40. The predicted octanol–water partition coefficient (Wildman–Crippen LogP) is 0.735. The van der Waals surface area contributed by atoms with Gasteiger partial charge < -0.3 is 15.3 Å². The standard InChI is InChI=1S/C14H16N2O4/c1-15-12(17)9-4-2-5-10(8-9)13(18)16-7-3-6-11(16)14(19)20/h2,4-5,8,11H,3,6-7H2,1H3,(H,15,17)(H,19,20)/t11-/m0/s1. The summed E-state index contributed by atoms with van der Waals surface area (Å²) in [5.74, 6) is -1.62. The summed E-state index contributed by atoms with van der Waals surface area (Å²) < 4.78 is 0. The molecular formula is C14H16N2O4. The van der Waals surface area contributed by atoms with Crippen LogP contribution in [0.1, 0.15) is 33.6 Å². The molecule has 6 nitrogen and oxygen atoms in total. The fourth-order valence-electron chi connectivity index (χ4n) is 2.37. The van der Waals surface area contributed by atoms with E-state index in [2.05, 4.69) is 5.32 Å². The van der Waals surface area contributed by atoms with Gasteiger partial charge in [-0.25, -0.2) is 4.79 Å². The molecule has 1 fully saturated rings. The van der Waals surface area contributed by atoms with Gasteiger partial charge in [-0.15, -0.1) is 0 Å². The molecule has 0 spiro atoms. The molecule has 20 heavy (non-hydrogen) atoms. The summed E-state index contributed by atoms with van der Waals surface area (Å²) in [4.78, 5) is 36.4. The Balaban J connectivity index is 2.25. The normalized spacial score (nSPS) is 17.9. The monoisotopic (exact) mass is 276 g/mol. The number of hydrogen-bond donors (Lipinski definition) is 2. The predicted molar refractivity (Wildman–Crippen MR) is 71.5 cm³/mol. The minimum absolute atomic E-state index is 0.282. The molecular weight excluding hydrogens is 260 g/mol. The Bertz CT molecular complexity index is 556. The van der Waals surface area contributed by atoms with Crippen molar-refractivity contribution in [2.45, 2.75) is 18.9 Å². The highest BCUT2D eigenvalue weighted by Crippen LogP contribution is 2.20. The van der Waals surface area contributed by atoms with Gasteiger partial charge in [0.25, 0.3) is 11.8 Å². The minimum atomic E-state index is -0.988. The van der Waals surface area contributed by atoms with Gasteiger partial charge in [0.2, 0.25) is 0 Å². The van der Waals surface area contributed by atoms with Crippen LogP contribution in [0.4, 0.5) is 0 Å². The van der Waals surface area contributed by atoms with Gasteiger partial charge in [-0.1, -0.05) is 6.07 Å². The zero-order valence-corrected chi connectivity index (χ0v) is 11.1. The van der Waals surface area contributed by atoms with Crippen molar-refractivity contribution < 1.29 is 19.5 Å². The van der Waals surface area contributed by atoms with E-state index in [0.29, 0.717) is 30.5 Å². The highest BCUT2D eigenvalue weighted by Gasteiger charge is 2.34. The van der Waals surface area contributed by atoms with Gasteiger partial charge in [-0.05, 0) is 31.0 Å². The van der Waals surface area contributed by atoms with Crippen LogP contribution in [0.5, 0.6) is 0 Å². The van der Waals surface area contributed by atoms with Gasteiger partial charge in [0.05, 0.1) is 0 Å². The van der Waals surface area contributed by atoms with Crippen LogP contribution in [-0.4, -0.2) is 47.4 Å². The molecule has 0 bridgehead atoms. The van der Waals surface area contributed by atoms with Gasteiger partial charge in [-0.2, -0.15) is 0 Å². The number of hydrogen-bond acceptors (Lipinski definition) is 3. The summed E-state index contributed by atoms with van der Waals surface area (Å²) >= 11 is 0. The van der Waals surface area contributed by atoms with Crippen LogP contribution in [-0.2, 0) is 4.79 Å². The van der Waals surface area contributed by atoms with E-state index in [1.165, 1.54) is 18.0 Å². The average Bonchev–Trinajstić information content (AvgIpc) is 2.95. The molecule has 1 aromatic carbocycles. The number of nitrogens with one attached hydrogen (secondary N) is 1. The molecule has 1 heterocycles. The number of rotatable bonds is 3. The lowest BCUT2D eigenvalue weighted by atomic mass is 10.1. The van der Waals surface area contributed by atoms with Crippen LogP contribution >= 0.6 is 0 Å². The molecule has 1 saturated heterocycles. The van der Waals surface area contributed by atoms with E-state index in [0.717, 1.165) is 0 Å². The van der Waals surface area contributed by atoms with E-state index < -0.39 is 12.0 Å². The lowest BCUT2D eigenvalue weighted by Crippen LogP contribution is -2.40. The van der Waals surface area contributed by atoms with Gasteiger partial charge in [0, 0.05) is 24.7 Å². The third-order valence-electron chi connectivity index (χ3n) is 3.40. The van der Waals surface area contributed by atoms with Gasteiger partial charge in [0.1, 0.15) is 6.04 Å². The summed E-state index contributed by atoms with van der Waals surface area (Å²) in [7, 11) is 1.51. The third kappa shape index (κ3) is 2.64. The first kappa shape index (κ1) is 14.0. The van der Waals surface area contributed by atoms with E-state index in [-0.39, 0.29) is 11.8 Å². The highest BCUT2D eigenvalue weighted by atomic mass is 16.4. The maximum Gasteiger partial charge on any atom is 0.326 e. The SMILES string of the molecule is CNC(=O)c1cccc(C(=O)N2CCC[C@H]2C(=O)O)c1. The maximum atomic E-state index is 12.4. The molecule has 2 N–H and O–H groups in total. The third-order valence-corrected chi connectivity index (χ3v) is 3.40.